The van der Waals surface area contributed by atoms with Gasteiger partial charge in [0.1, 0.15) is 11.5 Å². The van der Waals surface area contributed by atoms with Crippen molar-refractivity contribution in [1.29, 1.82) is 0 Å². The molecule has 0 saturated heterocycles. The van der Waals surface area contributed by atoms with Crippen LogP contribution < -0.4 is 0 Å². The lowest BCUT2D eigenvalue weighted by Crippen LogP contribution is -1.82. The smallest absolute Gasteiger partial charge is 0.151 e. The SMILES string of the molecule is Oc1ccc(C=Nc2ccc(Br)cn2)c(O)c1. The van der Waals surface area contributed by atoms with Crippen LogP contribution in [0.25, 0.3) is 0 Å². The van der Waals surface area contributed by atoms with E-state index in [9.17, 15) is 5.11 Å². The van der Waals surface area contributed by atoms with Crippen LogP contribution in [0.15, 0.2) is 46.0 Å². The van der Waals surface area contributed by atoms with Gasteiger partial charge in [0.05, 0.1) is 0 Å². The maximum Gasteiger partial charge on any atom is 0.151 e. The highest BCUT2D eigenvalue weighted by molar-refractivity contribution is 9.10. The van der Waals surface area contributed by atoms with E-state index in [1.54, 1.807) is 18.3 Å². The second-order valence-electron chi connectivity index (χ2n) is 3.34. The second kappa shape index (κ2) is 4.97. The summed E-state index contributed by atoms with van der Waals surface area (Å²) in [5, 5.41) is 18.7. The molecule has 2 rings (SSSR count). The number of phenolic OH excluding ortho intramolecular Hbond substituents is 2. The van der Waals surface area contributed by atoms with Crippen LogP contribution in [0.5, 0.6) is 11.5 Å². The first kappa shape index (κ1) is 11.6. The van der Waals surface area contributed by atoms with Gasteiger partial charge < -0.3 is 10.2 Å². The van der Waals surface area contributed by atoms with Crippen LogP contribution >= 0.6 is 15.9 Å². The Bertz CT molecular complexity index is 553. The second-order valence-corrected chi connectivity index (χ2v) is 4.25. The van der Waals surface area contributed by atoms with Gasteiger partial charge >= 0.3 is 0 Å². The summed E-state index contributed by atoms with van der Waals surface area (Å²) >= 11 is 3.28. The Kier molecular flexibility index (Phi) is 3.39. The summed E-state index contributed by atoms with van der Waals surface area (Å²) in [4.78, 5) is 8.17. The Morgan fingerprint density at radius 3 is 2.65 bits per heavy atom. The molecule has 1 aromatic carbocycles. The summed E-state index contributed by atoms with van der Waals surface area (Å²) in [6.45, 7) is 0. The van der Waals surface area contributed by atoms with Gasteiger partial charge in [-0.1, -0.05) is 0 Å². The van der Waals surface area contributed by atoms with Gasteiger partial charge in [0.25, 0.3) is 0 Å². The number of aliphatic imine (C=N–C) groups is 1. The number of hydrogen-bond donors (Lipinski definition) is 2. The third kappa shape index (κ3) is 3.04. The largest absolute Gasteiger partial charge is 0.508 e. The molecule has 1 aromatic heterocycles. The summed E-state index contributed by atoms with van der Waals surface area (Å²) in [5.74, 6) is 0.535. The van der Waals surface area contributed by atoms with Crippen molar-refractivity contribution in [2.45, 2.75) is 0 Å². The lowest BCUT2D eigenvalue weighted by molar-refractivity contribution is 0.450. The molecule has 2 N–H and O–H groups in total. The number of pyridine rings is 1. The molecule has 1 heterocycles. The predicted octanol–water partition coefficient (Wildman–Crippen LogP) is 3.01. The van der Waals surface area contributed by atoms with Gasteiger partial charge in [-0.15, -0.1) is 0 Å². The Balaban J connectivity index is 2.23. The molecule has 0 saturated carbocycles. The lowest BCUT2D eigenvalue weighted by Gasteiger charge is -1.99. The number of hydrogen-bond acceptors (Lipinski definition) is 4. The molecule has 0 unspecified atom stereocenters. The molecule has 0 aliphatic carbocycles. The zero-order valence-electron chi connectivity index (χ0n) is 8.71. The van der Waals surface area contributed by atoms with E-state index in [2.05, 4.69) is 25.9 Å². The van der Waals surface area contributed by atoms with Gasteiger partial charge in [-0.05, 0) is 40.2 Å². The van der Waals surface area contributed by atoms with Crippen molar-refractivity contribution in [2.24, 2.45) is 4.99 Å². The molecule has 0 radical (unpaired) electrons. The van der Waals surface area contributed by atoms with Crippen molar-refractivity contribution in [3.63, 3.8) is 0 Å². The van der Waals surface area contributed by atoms with Crippen LogP contribution in [-0.2, 0) is 0 Å². The molecule has 0 aliphatic rings. The third-order valence-electron chi connectivity index (χ3n) is 2.06. The van der Waals surface area contributed by atoms with Gasteiger partial charge in [0.15, 0.2) is 5.82 Å². The van der Waals surface area contributed by atoms with Crippen LogP contribution in [-0.4, -0.2) is 21.4 Å². The van der Waals surface area contributed by atoms with Crippen molar-refractivity contribution in [1.82, 2.24) is 4.98 Å². The van der Waals surface area contributed by atoms with E-state index >= 15 is 0 Å². The van der Waals surface area contributed by atoms with E-state index in [0.717, 1.165) is 4.47 Å². The Hall–Kier alpha value is -1.88. The highest BCUT2D eigenvalue weighted by atomic mass is 79.9. The standard InChI is InChI=1S/C12H9BrN2O2/c13-9-2-4-12(15-7-9)14-6-8-1-3-10(16)5-11(8)17/h1-7,16-17H. The first-order chi connectivity index (χ1) is 8.15. The summed E-state index contributed by atoms with van der Waals surface area (Å²) in [7, 11) is 0. The number of nitrogens with zero attached hydrogens (tertiary/aromatic N) is 2. The molecule has 0 spiro atoms. The predicted molar refractivity (Wildman–Crippen MR) is 69.0 cm³/mol. The molecular formula is C12H9BrN2O2. The monoisotopic (exact) mass is 292 g/mol. The molecule has 0 aliphatic heterocycles. The highest BCUT2D eigenvalue weighted by Crippen LogP contribution is 2.21. The van der Waals surface area contributed by atoms with Crippen molar-refractivity contribution in [3.8, 4) is 11.5 Å². The van der Waals surface area contributed by atoms with Crippen LogP contribution in [0.2, 0.25) is 0 Å². The molecule has 2 aromatic rings. The van der Waals surface area contributed by atoms with Gasteiger partial charge in [-0.25, -0.2) is 9.98 Å². The number of halogens is 1. The normalized spacial score (nSPS) is 10.9. The Morgan fingerprint density at radius 2 is 2.00 bits per heavy atom. The maximum atomic E-state index is 9.53. The topological polar surface area (TPSA) is 65.7 Å². The minimum atomic E-state index is -0.0224. The lowest BCUT2D eigenvalue weighted by atomic mass is 10.2. The van der Waals surface area contributed by atoms with Crippen LogP contribution in [0.1, 0.15) is 5.56 Å². The van der Waals surface area contributed by atoms with Crippen molar-refractivity contribution < 1.29 is 10.2 Å². The van der Waals surface area contributed by atoms with E-state index in [4.69, 9.17) is 5.11 Å². The highest BCUT2D eigenvalue weighted by Gasteiger charge is 1.99. The molecule has 86 valence electrons. The molecule has 0 fully saturated rings. The summed E-state index contributed by atoms with van der Waals surface area (Å²) in [5.41, 5.74) is 0.521. The number of benzene rings is 1. The number of aromatic nitrogens is 1. The van der Waals surface area contributed by atoms with Crippen LogP contribution in [0.3, 0.4) is 0 Å². The number of rotatable bonds is 2. The molecule has 0 atom stereocenters. The fourth-order valence-corrected chi connectivity index (χ4v) is 1.46. The van der Waals surface area contributed by atoms with Crippen molar-refractivity contribution in [3.05, 3.63) is 46.6 Å². The summed E-state index contributed by atoms with van der Waals surface area (Å²) in [6.07, 6.45) is 3.13. The van der Waals surface area contributed by atoms with Gasteiger partial charge in [0.2, 0.25) is 0 Å². The summed E-state index contributed by atoms with van der Waals surface area (Å²) < 4.78 is 0.879. The van der Waals surface area contributed by atoms with Crippen LogP contribution in [0.4, 0.5) is 5.82 Å². The summed E-state index contributed by atoms with van der Waals surface area (Å²) in [6, 6.07) is 7.90. The first-order valence-electron chi connectivity index (χ1n) is 4.83. The minimum absolute atomic E-state index is 0.0152. The van der Waals surface area contributed by atoms with E-state index in [-0.39, 0.29) is 11.5 Å². The fraction of sp³-hybridized carbons (Fsp3) is 0. The van der Waals surface area contributed by atoms with E-state index in [0.29, 0.717) is 11.4 Å². The van der Waals surface area contributed by atoms with Gasteiger partial charge in [-0.3, -0.25) is 0 Å². The Morgan fingerprint density at radius 1 is 1.18 bits per heavy atom. The van der Waals surface area contributed by atoms with Gasteiger partial charge in [-0.2, -0.15) is 0 Å². The van der Waals surface area contributed by atoms with E-state index < -0.39 is 0 Å². The zero-order valence-corrected chi connectivity index (χ0v) is 10.3. The van der Waals surface area contributed by atoms with Crippen molar-refractivity contribution >= 4 is 28.0 Å². The average Bonchev–Trinajstić information content (AvgIpc) is 2.30. The molecule has 5 heteroatoms. The maximum absolute atomic E-state index is 9.53. The average molecular weight is 293 g/mol. The molecule has 4 nitrogen and oxygen atoms in total. The molecule has 17 heavy (non-hydrogen) atoms. The van der Waals surface area contributed by atoms with E-state index in [1.165, 1.54) is 18.3 Å². The van der Waals surface area contributed by atoms with Gasteiger partial charge in [0, 0.05) is 28.5 Å². The number of phenols is 2. The van der Waals surface area contributed by atoms with E-state index in [1.807, 2.05) is 6.07 Å². The fourth-order valence-electron chi connectivity index (χ4n) is 1.22. The Labute approximate surface area is 106 Å². The van der Waals surface area contributed by atoms with Crippen LogP contribution in [0, 0.1) is 0 Å². The first-order valence-corrected chi connectivity index (χ1v) is 5.62. The molecule has 0 bridgehead atoms. The quantitative estimate of drug-likeness (QED) is 0.836. The molecular weight excluding hydrogens is 284 g/mol. The molecule has 0 amide bonds. The minimum Gasteiger partial charge on any atom is -0.508 e. The van der Waals surface area contributed by atoms with Crippen molar-refractivity contribution in [2.75, 3.05) is 0 Å². The number of aromatic hydroxyl groups is 2. The third-order valence-corrected chi connectivity index (χ3v) is 2.53. The zero-order chi connectivity index (χ0) is 12.3.